The minimum Gasteiger partial charge on any atom is -0.302 e. The number of halogens is 1. The lowest BCUT2D eigenvalue weighted by atomic mass is 9.98. The quantitative estimate of drug-likeness (QED) is 0.730. The maximum Gasteiger partial charge on any atom is 0.0489 e. The van der Waals surface area contributed by atoms with E-state index in [0.29, 0.717) is 11.3 Å². The predicted octanol–water partition coefficient (Wildman–Crippen LogP) is 3.18. The number of likely N-dealkylation sites (tertiary alicyclic amines) is 1. The molecule has 1 aromatic carbocycles. The van der Waals surface area contributed by atoms with E-state index in [1.807, 2.05) is 0 Å². The van der Waals surface area contributed by atoms with E-state index in [1.54, 1.807) is 0 Å². The molecule has 0 aliphatic carbocycles. The number of benzene rings is 1. The van der Waals surface area contributed by atoms with Gasteiger partial charge in [0.15, 0.2) is 0 Å². The molecule has 2 unspecified atom stereocenters. The fraction of sp³-hybridized carbons (Fsp3) is 0.571. The molecule has 0 N–H and O–H groups in total. The van der Waals surface area contributed by atoms with E-state index < -0.39 is 0 Å². The standard InChI is InChI=1S/C14H20ClN/c1-12-7-9-16(11-14(12)15)10-8-13-5-3-2-4-6-13/h2-6,12,14H,7-11H2,1H3. The van der Waals surface area contributed by atoms with Crippen molar-refractivity contribution in [3.8, 4) is 0 Å². The van der Waals surface area contributed by atoms with Gasteiger partial charge >= 0.3 is 0 Å². The highest BCUT2D eigenvalue weighted by Crippen LogP contribution is 2.21. The molecule has 2 atom stereocenters. The number of hydrogen-bond donors (Lipinski definition) is 0. The van der Waals surface area contributed by atoms with E-state index in [4.69, 9.17) is 11.6 Å². The van der Waals surface area contributed by atoms with Gasteiger partial charge in [-0.05, 0) is 30.9 Å². The maximum absolute atomic E-state index is 6.30. The van der Waals surface area contributed by atoms with E-state index in [0.717, 1.165) is 19.5 Å². The van der Waals surface area contributed by atoms with Crippen LogP contribution < -0.4 is 0 Å². The Morgan fingerprint density at radius 2 is 2.06 bits per heavy atom. The maximum atomic E-state index is 6.30. The van der Waals surface area contributed by atoms with E-state index in [1.165, 1.54) is 18.5 Å². The van der Waals surface area contributed by atoms with Crippen molar-refractivity contribution in [2.45, 2.75) is 25.1 Å². The van der Waals surface area contributed by atoms with Crippen LogP contribution in [0.3, 0.4) is 0 Å². The van der Waals surface area contributed by atoms with Gasteiger partial charge in [-0.3, -0.25) is 0 Å². The van der Waals surface area contributed by atoms with Crippen LogP contribution in [-0.4, -0.2) is 29.9 Å². The molecule has 1 nitrogen and oxygen atoms in total. The highest BCUT2D eigenvalue weighted by atomic mass is 35.5. The molecule has 88 valence electrons. The van der Waals surface area contributed by atoms with Crippen LogP contribution in [0.1, 0.15) is 18.9 Å². The second-order valence-corrected chi connectivity index (χ2v) is 5.38. The number of hydrogen-bond acceptors (Lipinski definition) is 1. The molecule has 0 saturated carbocycles. The highest BCUT2D eigenvalue weighted by Gasteiger charge is 2.23. The molecule has 0 spiro atoms. The number of alkyl halides is 1. The molecule has 1 heterocycles. The number of piperidine rings is 1. The topological polar surface area (TPSA) is 3.24 Å². The summed E-state index contributed by atoms with van der Waals surface area (Å²) in [5.74, 6) is 0.676. The van der Waals surface area contributed by atoms with Crippen molar-refractivity contribution < 1.29 is 0 Å². The molecule has 1 aromatic rings. The third kappa shape index (κ3) is 3.23. The first-order valence-corrected chi connectivity index (χ1v) is 6.59. The Morgan fingerprint density at radius 1 is 1.31 bits per heavy atom. The number of nitrogens with zero attached hydrogens (tertiary/aromatic N) is 1. The molecular weight excluding hydrogens is 218 g/mol. The van der Waals surface area contributed by atoms with Crippen LogP contribution in [0.15, 0.2) is 30.3 Å². The first-order chi connectivity index (χ1) is 7.75. The van der Waals surface area contributed by atoms with Gasteiger partial charge in [0.1, 0.15) is 0 Å². The largest absolute Gasteiger partial charge is 0.302 e. The van der Waals surface area contributed by atoms with Gasteiger partial charge < -0.3 is 4.90 Å². The molecule has 0 radical (unpaired) electrons. The van der Waals surface area contributed by atoms with Crippen molar-refractivity contribution in [1.29, 1.82) is 0 Å². The van der Waals surface area contributed by atoms with Gasteiger partial charge in [0.05, 0.1) is 0 Å². The van der Waals surface area contributed by atoms with Gasteiger partial charge in [-0.2, -0.15) is 0 Å². The lowest BCUT2D eigenvalue weighted by Crippen LogP contribution is -2.41. The van der Waals surface area contributed by atoms with Crippen molar-refractivity contribution in [2.75, 3.05) is 19.6 Å². The summed E-state index contributed by atoms with van der Waals surface area (Å²) < 4.78 is 0. The van der Waals surface area contributed by atoms with Crippen molar-refractivity contribution in [3.63, 3.8) is 0 Å². The second kappa shape index (κ2) is 5.70. The van der Waals surface area contributed by atoms with Crippen molar-refractivity contribution in [2.24, 2.45) is 5.92 Å². The van der Waals surface area contributed by atoms with E-state index >= 15 is 0 Å². The summed E-state index contributed by atoms with van der Waals surface area (Å²) in [6.45, 7) is 5.65. The molecule has 2 rings (SSSR count). The Hall–Kier alpha value is -0.530. The summed E-state index contributed by atoms with van der Waals surface area (Å²) in [5, 5.41) is 0.338. The summed E-state index contributed by atoms with van der Waals surface area (Å²) in [7, 11) is 0. The van der Waals surface area contributed by atoms with Crippen molar-refractivity contribution in [3.05, 3.63) is 35.9 Å². The van der Waals surface area contributed by atoms with Crippen LogP contribution in [0, 0.1) is 5.92 Å². The third-order valence-corrected chi connectivity index (χ3v) is 4.08. The smallest absolute Gasteiger partial charge is 0.0489 e. The molecule has 16 heavy (non-hydrogen) atoms. The molecule has 1 aliphatic heterocycles. The van der Waals surface area contributed by atoms with Crippen molar-refractivity contribution in [1.82, 2.24) is 4.90 Å². The van der Waals surface area contributed by atoms with Gasteiger partial charge in [-0.25, -0.2) is 0 Å². The van der Waals surface area contributed by atoms with Crippen molar-refractivity contribution >= 4 is 11.6 Å². The molecular formula is C14H20ClN. The fourth-order valence-electron chi connectivity index (χ4n) is 2.22. The van der Waals surface area contributed by atoms with Gasteiger partial charge in [-0.1, -0.05) is 37.3 Å². The normalized spacial score (nSPS) is 26.9. The molecule has 2 heteroatoms. The van der Waals surface area contributed by atoms with Crippen LogP contribution in [-0.2, 0) is 6.42 Å². The predicted molar refractivity (Wildman–Crippen MR) is 70.0 cm³/mol. The summed E-state index contributed by atoms with van der Waals surface area (Å²) >= 11 is 6.30. The second-order valence-electron chi connectivity index (χ2n) is 4.82. The summed E-state index contributed by atoms with van der Waals surface area (Å²) in [4.78, 5) is 2.49. The zero-order valence-electron chi connectivity index (χ0n) is 9.90. The molecule has 0 bridgehead atoms. The Labute approximate surface area is 103 Å². The first kappa shape index (κ1) is 11.9. The zero-order chi connectivity index (χ0) is 11.4. The molecule has 1 saturated heterocycles. The van der Waals surface area contributed by atoms with Crippen LogP contribution in [0.25, 0.3) is 0 Å². The van der Waals surface area contributed by atoms with Gasteiger partial charge in [0, 0.05) is 18.5 Å². The molecule has 1 fully saturated rings. The minimum absolute atomic E-state index is 0.338. The lowest BCUT2D eigenvalue weighted by Gasteiger charge is -2.33. The summed E-state index contributed by atoms with van der Waals surface area (Å²) in [6, 6.07) is 10.7. The van der Waals surface area contributed by atoms with Gasteiger partial charge in [0.2, 0.25) is 0 Å². The van der Waals surface area contributed by atoms with Crippen LogP contribution in [0.2, 0.25) is 0 Å². The zero-order valence-corrected chi connectivity index (χ0v) is 10.7. The minimum atomic E-state index is 0.338. The Morgan fingerprint density at radius 3 is 2.75 bits per heavy atom. The average molecular weight is 238 g/mol. The van der Waals surface area contributed by atoms with Crippen LogP contribution in [0.4, 0.5) is 0 Å². The Kier molecular flexibility index (Phi) is 4.25. The average Bonchev–Trinajstić information content (AvgIpc) is 2.32. The van der Waals surface area contributed by atoms with E-state index in [9.17, 15) is 0 Å². The number of rotatable bonds is 3. The third-order valence-electron chi connectivity index (χ3n) is 3.51. The summed E-state index contributed by atoms with van der Waals surface area (Å²) in [5.41, 5.74) is 1.42. The van der Waals surface area contributed by atoms with E-state index in [2.05, 4.69) is 42.2 Å². The molecule has 0 aromatic heterocycles. The molecule has 0 amide bonds. The van der Waals surface area contributed by atoms with Gasteiger partial charge in [0.25, 0.3) is 0 Å². The first-order valence-electron chi connectivity index (χ1n) is 6.16. The monoisotopic (exact) mass is 237 g/mol. The molecule has 1 aliphatic rings. The van der Waals surface area contributed by atoms with Crippen LogP contribution in [0.5, 0.6) is 0 Å². The Bertz CT molecular complexity index is 312. The van der Waals surface area contributed by atoms with Crippen LogP contribution >= 0.6 is 11.6 Å². The lowest BCUT2D eigenvalue weighted by molar-refractivity contribution is 0.198. The summed E-state index contributed by atoms with van der Waals surface area (Å²) in [6.07, 6.45) is 2.38. The Balaban J connectivity index is 1.79. The fourth-order valence-corrected chi connectivity index (χ4v) is 2.54. The van der Waals surface area contributed by atoms with E-state index in [-0.39, 0.29) is 0 Å². The highest BCUT2D eigenvalue weighted by molar-refractivity contribution is 6.21. The SMILES string of the molecule is CC1CCN(CCc2ccccc2)CC1Cl. The van der Waals surface area contributed by atoms with Gasteiger partial charge in [-0.15, -0.1) is 11.6 Å².